The van der Waals surface area contributed by atoms with Crippen LogP contribution in [0, 0.1) is 0 Å². The Morgan fingerprint density at radius 3 is 2.40 bits per heavy atom. The van der Waals surface area contributed by atoms with Crippen LogP contribution in [0.4, 0.5) is 5.69 Å². The highest BCUT2D eigenvalue weighted by atomic mass is 32.2. The lowest BCUT2D eigenvalue weighted by atomic mass is 10.1. The van der Waals surface area contributed by atoms with E-state index < -0.39 is 0 Å². The van der Waals surface area contributed by atoms with Gasteiger partial charge in [-0.15, -0.1) is 11.8 Å². The van der Waals surface area contributed by atoms with Gasteiger partial charge in [-0.1, -0.05) is 19.9 Å². The van der Waals surface area contributed by atoms with Crippen molar-refractivity contribution in [1.82, 2.24) is 4.90 Å². The molecule has 20 heavy (non-hydrogen) atoms. The summed E-state index contributed by atoms with van der Waals surface area (Å²) in [5.41, 5.74) is 8.63. The molecule has 0 aromatic heterocycles. The first-order valence-corrected chi connectivity index (χ1v) is 8.47. The Labute approximate surface area is 128 Å². The van der Waals surface area contributed by atoms with Crippen molar-refractivity contribution < 1.29 is 0 Å². The highest BCUT2D eigenvalue weighted by Gasteiger charge is 2.13. The fraction of sp³-hybridized carbons (Fsp3) is 0.625. The molecule has 0 saturated carbocycles. The van der Waals surface area contributed by atoms with Crippen molar-refractivity contribution in [2.75, 3.05) is 44.4 Å². The smallest absolute Gasteiger partial charge is 0.0423 e. The first kappa shape index (κ1) is 17.3. The first-order valence-electron chi connectivity index (χ1n) is 7.48. The number of hydrogen-bond acceptors (Lipinski definition) is 4. The summed E-state index contributed by atoms with van der Waals surface area (Å²) < 4.78 is 0. The van der Waals surface area contributed by atoms with Crippen LogP contribution in [-0.2, 0) is 6.54 Å². The second-order valence-corrected chi connectivity index (χ2v) is 6.49. The van der Waals surface area contributed by atoms with Crippen LogP contribution >= 0.6 is 11.8 Å². The van der Waals surface area contributed by atoms with Crippen LogP contribution in [0.25, 0.3) is 0 Å². The minimum absolute atomic E-state index is 0.612. The summed E-state index contributed by atoms with van der Waals surface area (Å²) in [5.74, 6) is 1.09. The summed E-state index contributed by atoms with van der Waals surface area (Å²) >= 11 is 1.88. The summed E-state index contributed by atoms with van der Waals surface area (Å²) in [7, 11) is 4.24. The van der Waals surface area contributed by atoms with Crippen LogP contribution in [0.5, 0.6) is 0 Å². The average Bonchev–Trinajstić information content (AvgIpc) is 2.43. The van der Waals surface area contributed by atoms with E-state index in [0.717, 1.165) is 31.8 Å². The normalized spacial score (nSPS) is 11.1. The van der Waals surface area contributed by atoms with Crippen LogP contribution in [0.1, 0.15) is 25.8 Å². The third kappa shape index (κ3) is 5.00. The number of nitrogens with two attached hydrogens (primary N) is 1. The van der Waals surface area contributed by atoms with Gasteiger partial charge in [0.25, 0.3) is 0 Å². The van der Waals surface area contributed by atoms with E-state index in [1.54, 1.807) is 0 Å². The summed E-state index contributed by atoms with van der Waals surface area (Å²) in [6.45, 7) is 8.23. The Balaban J connectivity index is 3.01. The zero-order valence-electron chi connectivity index (χ0n) is 13.4. The fourth-order valence-corrected chi connectivity index (χ4v) is 3.14. The van der Waals surface area contributed by atoms with Crippen molar-refractivity contribution in [2.24, 2.45) is 5.73 Å². The number of likely N-dealkylation sites (N-methyl/N-ethyl adjacent to an activating group) is 1. The van der Waals surface area contributed by atoms with Gasteiger partial charge in [-0.05, 0) is 38.4 Å². The van der Waals surface area contributed by atoms with Crippen LogP contribution in [0.2, 0.25) is 0 Å². The largest absolute Gasteiger partial charge is 0.370 e. The van der Waals surface area contributed by atoms with Crippen molar-refractivity contribution in [3.63, 3.8) is 0 Å². The maximum Gasteiger partial charge on any atom is 0.0423 e. The van der Waals surface area contributed by atoms with Gasteiger partial charge in [-0.2, -0.15) is 0 Å². The summed E-state index contributed by atoms with van der Waals surface area (Å²) in [6, 6.07) is 6.56. The molecule has 0 fully saturated rings. The number of anilines is 1. The topological polar surface area (TPSA) is 32.5 Å². The van der Waals surface area contributed by atoms with Gasteiger partial charge in [0.2, 0.25) is 0 Å². The third-order valence-electron chi connectivity index (χ3n) is 3.26. The second-order valence-electron chi connectivity index (χ2n) is 5.18. The molecule has 1 aromatic rings. The van der Waals surface area contributed by atoms with E-state index >= 15 is 0 Å². The maximum absolute atomic E-state index is 6.02. The van der Waals surface area contributed by atoms with Crippen molar-refractivity contribution in [1.29, 1.82) is 0 Å². The molecular formula is C16H29N3S. The number of hydrogen-bond donors (Lipinski definition) is 1. The SMILES string of the molecule is CCCN(CCN(C)C)c1cccc(SCC)c1CN. The van der Waals surface area contributed by atoms with Gasteiger partial charge in [0.15, 0.2) is 0 Å². The van der Waals surface area contributed by atoms with Gasteiger partial charge in [0.05, 0.1) is 0 Å². The molecule has 4 heteroatoms. The van der Waals surface area contributed by atoms with Crippen LogP contribution < -0.4 is 10.6 Å². The lowest BCUT2D eigenvalue weighted by Gasteiger charge is -2.29. The first-order chi connectivity index (χ1) is 9.63. The molecule has 0 heterocycles. The van der Waals surface area contributed by atoms with E-state index in [2.05, 4.69) is 55.9 Å². The molecule has 3 nitrogen and oxygen atoms in total. The van der Waals surface area contributed by atoms with E-state index in [1.165, 1.54) is 16.1 Å². The zero-order chi connectivity index (χ0) is 15.0. The molecule has 1 aromatic carbocycles. The molecule has 1 rings (SSSR count). The second kappa shape index (κ2) is 9.27. The molecule has 114 valence electrons. The molecule has 0 atom stereocenters. The fourth-order valence-electron chi connectivity index (χ4n) is 2.29. The standard InChI is InChI=1S/C16H29N3S/c1-5-10-19(12-11-18(3)4)15-8-7-9-16(20-6-2)14(15)13-17/h7-9H,5-6,10-13,17H2,1-4H3. The van der Waals surface area contributed by atoms with E-state index in [-0.39, 0.29) is 0 Å². The van der Waals surface area contributed by atoms with Gasteiger partial charge in [-0.25, -0.2) is 0 Å². The minimum atomic E-state index is 0.612. The van der Waals surface area contributed by atoms with E-state index in [9.17, 15) is 0 Å². The monoisotopic (exact) mass is 295 g/mol. The Morgan fingerprint density at radius 2 is 1.85 bits per heavy atom. The van der Waals surface area contributed by atoms with Crippen molar-refractivity contribution >= 4 is 17.4 Å². The highest BCUT2D eigenvalue weighted by Crippen LogP contribution is 2.30. The van der Waals surface area contributed by atoms with Gasteiger partial charge in [0, 0.05) is 42.3 Å². The predicted octanol–water partition coefficient (Wildman–Crippen LogP) is 3.04. The van der Waals surface area contributed by atoms with Gasteiger partial charge in [-0.3, -0.25) is 0 Å². The molecule has 0 spiro atoms. The van der Waals surface area contributed by atoms with Crippen molar-refractivity contribution in [3.05, 3.63) is 23.8 Å². The van der Waals surface area contributed by atoms with E-state index in [4.69, 9.17) is 5.73 Å². The van der Waals surface area contributed by atoms with E-state index in [1.807, 2.05) is 11.8 Å². The Hall–Kier alpha value is -0.710. The summed E-state index contributed by atoms with van der Waals surface area (Å²) in [5, 5.41) is 0. The zero-order valence-corrected chi connectivity index (χ0v) is 14.2. The highest BCUT2D eigenvalue weighted by molar-refractivity contribution is 7.99. The predicted molar refractivity (Wildman–Crippen MR) is 91.8 cm³/mol. The molecule has 0 radical (unpaired) electrons. The molecule has 0 aliphatic heterocycles. The quantitative estimate of drug-likeness (QED) is 0.710. The third-order valence-corrected chi connectivity index (χ3v) is 4.25. The minimum Gasteiger partial charge on any atom is -0.370 e. The van der Waals surface area contributed by atoms with Crippen molar-refractivity contribution in [2.45, 2.75) is 31.7 Å². The van der Waals surface area contributed by atoms with Crippen LogP contribution in [-0.4, -0.2) is 44.4 Å². The maximum atomic E-state index is 6.02. The molecular weight excluding hydrogens is 266 g/mol. The molecule has 0 unspecified atom stereocenters. The molecule has 0 aliphatic rings. The lowest BCUT2D eigenvalue weighted by molar-refractivity contribution is 0.412. The molecule has 0 bridgehead atoms. The Bertz CT molecular complexity index is 393. The Morgan fingerprint density at radius 1 is 1.10 bits per heavy atom. The van der Waals surface area contributed by atoms with Crippen LogP contribution in [0.3, 0.4) is 0 Å². The summed E-state index contributed by atoms with van der Waals surface area (Å²) in [6.07, 6.45) is 1.16. The number of nitrogens with zero attached hydrogens (tertiary/aromatic N) is 2. The molecule has 2 N–H and O–H groups in total. The lowest BCUT2D eigenvalue weighted by Crippen LogP contribution is -2.33. The van der Waals surface area contributed by atoms with E-state index in [0.29, 0.717) is 6.54 Å². The molecule has 0 aliphatic carbocycles. The molecule has 0 saturated heterocycles. The number of thioether (sulfide) groups is 1. The van der Waals surface area contributed by atoms with Gasteiger partial charge < -0.3 is 15.5 Å². The summed E-state index contributed by atoms with van der Waals surface area (Å²) in [4.78, 5) is 6.04. The van der Waals surface area contributed by atoms with Gasteiger partial charge in [0.1, 0.15) is 0 Å². The Kier molecular flexibility index (Phi) is 8.04. The number of benzene rings is 1. The van der Waals surface area contributed by atoms with Crippen LogP contribution in [0.15, 0.2) is 23.1 Å². The average molecular weight is 295 g/mol. The van der Waals surface area contributed by atoms with Crippen molar-refractivity contribution in [3.8, 4) is 0 Å². The number of rotatable bonds is 9. The van der Waals surface area contributed by atoms with Gasteiger partial charge >= 0.3 is 0 Å². The molecule has 0 amide bonds.